The summed E-state index contributed by atoms with van der Waals surface area (Å²) < 4.78 is 15.4. The smallest absolute Gasteiger partial charge is 0.340 e. The number of rotatable bonds is 6. The first-order valence-electron chi connectivity index (χ1n) is 10.4. The number of methoxy groups -OCH3 is 3. The van der Waals surface area contributed by atoms with Gasteiger partial charge in [0.2, 0.25) is 5.91 Å². The van der Waals surface area contributed by atoms with Gasteiger partial charge < -0.3 is 24.4 Å². The molecule has 1 atom stereocenters. The molecular formula is C24H28N2O6. The average molecular weight is 440 g/mol. The van der Waals surface area contributed by atoms with E-state index in [1.807, 2.05) is 19.1 Å². The van der Waals surface area contributed by atoms with Gasteiger partial charge in [0.1, 0.15) is 0 Å². The molecule has 3 rings (SSSR count). The molecule has 0 aromatic heterocycles. The van der Waals surface area contributed by atoms with E-state index >= 15 is 0 Å². The van der Waals surface area contributed by atoms with Gasteiger partial charge >= 0.3 is 5.97 Å². The van der Waals surface area contributed by atoms with Gasteiger partial charge in [-0.1, -0.05) is 17.7 Å². The van der Waals surface area contributed by atoms with Crippen LogP contribution in [0, 0.1) is 12.8 Å². The third-order valence-corrected chi connectivity index (χ3v) is 5.56. The zero-order valence-corrected chi connectivity index (χ0v) is 18.8. The summed E-state index contributed by atoms with van der Waals surface area (Å²) in [6.45, 7) is 2.87. The van der Waals surface area contributed by atoms with Gasteiger partial charge in [-0.15, -0.1) is 0 Å². The summed E-state index contributed by atoms with van der Waals surface area (Å²) in [7, 11) is 4.19. The van der Waals surface area contributed by atoms with Gasteiger partial charge in [0.25, 0.3) is 5.91 Å². The molecule has 0 radical (unpaired) electrons. The predicted octanol–water partition coefficient (Wildman–Crippen LogP) is 3.29. The van der Waals surface area contributed by atoms with E-state index in [0.717, 1.165) is 5.56 Å². The molecule has 0 aliphatic carbocycles. The minimum atomic E-state index is -0.610. The van der Waals surface area contributed by atoms with Crippen molar-refractivity contribution in [1.82, 2.24) is 4.90 Å². The molecular weight excluding hydrogens is 412 g/mol. The molecule has 1 aliphatic rings. The van der Waals surface area contributed by atoms with Crippen molar-refractivity contribution >= 4 is 23.5 Å². The van der Waals surface area contributed by atoms with E-state index in [4.69, 9.17) is 14.2 Å². The number of likely N-dealkylation sites (tertiary alicyclic amines) is 1. The first-order valence-corrected chi connectivity index (χ1v) is 10.4. The second-order valence-electron chi connectivity index (χ2n) is 7.69. The number of piperidine rings is 1. The molecule has 8 nitrogen and oxygen atoms in total. The highest BCUT2D eigenvalue weighted by molar-refractivity contribution is 6.03. The van der Waals surface area contributed by atoms with Gasteiger partial charge in [-0.3, -0.25) is 9.59 Å². The molecule has 1 fully saturated rings. The molecule has 2 aromatic rings. The van der Waals surface area contributed by atoms with Crippen molar-refractivity contribution in [3.8, 4) is 11.5 Å². The summed E-state index contributed by atoms with van der Waals surface area (Å²) in [5.41, 5.74) is 2.10. The highest BCUT2D eigenvalue weighted by atomic mass is 16.5. The fraction of sp³-hybridized carbons (Fsp3) is 0.375. The molecule has 2 aromatic carbocycles. The zero-order valence-electron chi connectivity index (χ0n) is 18.8. The number of hydrogen-bond donors (Lipinski definition) is 1. The van der Waals surface area contributed by atoms with E-state index in [-0.39, 0.29) is 23.1 Å². The molecule has 1 saturated heterocycles. The normalized spacial score (nSPS) is 15.6. The van der Waals surface area contributed by atoms with Crippen LogP contribution >= 0.6 is 0 Å². The second-order valence-corrected chi connectivity index (χ2v) is 7.69. The lowest BCUT2D eigenvalue weighted by atomic mass is 9.96. The summed E-state index contributed by atoms with van der Waals surface area (Å²) in [5, 5.41) is 2.81. The molecule has 1 heterocycles. The fourth-order valence-corrected chi connectivity index (χ4v) is 3.75. The number of carbonyl (C=O) groups excluding carboxylic acids is 3. The number of nitrogens with one attached hydrogen (secondary N) is 1. The summed E-state index contributed by atoms with van der Waals surface area (Å²) >= 11 is 0. The Morgan fingerprint density at radius 2 is 1.66 bits per heavy atom. The zero-order chi connectivity index (χ0) is 23.3. The maximum Gasteiger partial charge on any atom is 0.340 e. The van der Waals surface area contributed by atoms with Gasteiger partial charge in [-0.2, -0.15) is 0 Å². The third-order valence-electron chi connectivity index (χ3n) is 5.56. The Hall–Kier alpha value is -3.55. The monoisotopic (exact) mass is 440 g/mol. The molecule has 32 heavy (non-hydrogen) atoms. The largest absolute Gasteiger partial charge is 0.493 e. The molecule has 1 unspecified atom stereocenters. The van der Waals surface area contributed by atoms with Crippen LogP contribution in [0.25, 0.3) is 0 Å². The molecule has 0 spiro atoms. The van der Waals surface area contributed by atoms with Gasteiger partial charge in [-0.05, 0) is 31.9 Å². The van der Waals surface area contributed by atoms with Crippen molar-refractivity contribution in [3.05, 3.63) is 53.1 Å². The summed E-state index contributed by atoms with van der Waals surface area (Å²) in [6.07, 6.45) is 1.36. The van der Waals surface area contributed by atoms with E-state index in [9.17, 15) is 14.4 Å². The van der Waals surface area contributed by atoms with Gasteiger partial charge in [0, 0.05) is 30.8 Å². The first kappa shape index (κ1) is 23.1. The molecule has 1 aliphatic heterocycles. The van der Waals surface area contributed by atoms with Crippen LogP contribution in [-0.2, 0) is 9.53 Å². The highest BCUT2D eigenvalue weighted by Gasteiger charge is 2.30. The molecule has 2 amide bonds. The van der Waals surface area contributed by atoms with Crippen molar-refractivity contribution < 1.29 is 28.6 Å². The van der Waals surface area contributed by atoms with Gasteiger partial charge in [0.15, 0.2) is 11.5 Å². The molecule has 8 heteroatoms. The van der Waals surface area contributed by atoms with E-state index in [0.29, 0.717) is 43.0 Å². The minimum absolute atomic E-state index is 0.0936. The number of hydrogen-bond acceptors (Lipinski definition) is 6. The van der Waals surface area contributed by atoms with Crippen molar-refractivity contribution in [1.29, 1.82) is 0 Å². The Morgan fingerprint density at radius 3 is 2.28 bits per heavy atom. The molecule has 1 N–H and O–H groups in total. The lowest BCUT2D eigenvalue weighted by molar-refractivity contribution is -0.121. The van der Waals surface area contributed by atoms with E-state index in [1.54, 1.807) is 17.0 Å². The number of carbonyl (C=O) groups is 3. The standard InChI is InChI=1S/C24H28N2O6/c1-15-7-9-16(10-8-15)23(28)26-11-5-6-17(14-26)22(27)25-19-13-21(31-3)20(30-2)12-18(19)24(29)32-4/h7-10,12-13,17H,5-6,11,14H2,1-4H3,(H,25,27). The van der Waals surface area contributed by atoms with E-state index in [1.165, 1.54) is 33.5 Å². The number of aryl methyl sites for hydroxylation is 1. The van der Waals surface area contributed by atoms with Crippen molar-refractivity contribution in [2.45, 2.75) is 19.8 Å². The van der Waals surface area contributed by atoms with Crippen LogP contribution in [0.2, 0.25) is 0 Å². The number of anilines is 1. The Kier molecular flexibility index (Phi) is 7.35. The minimum Gasteiger partial charge on any atom is -0.493 e. The van der Waals surface area contributed by atoms with Crippen LogP contribution in [0.3, 0.4) is 0 Å². The Labute approximate surface area is 187 Å². The van der Waals surface area contributed by atoms with Crippen molar-refractivity contribution in [3.63, 3.8) is 0 Å². The Bertz CT molecular complexity index is 1000. The van der Waals surface area contributed by atoms with Crippen LogP contribution in [0.1, 0.15) is 39.1 Å². The van der Waals surface area contributed by atoms with E-state index in [2.05, 4.69) is 5.32 Å². The van der Waals surface area contributed by atoms with Crippen LogP contribution in [0.15, 0.2) is 36.4 Å². The number of benzene rings is 2. The van der Waals surface area contributed by atoms with Crippen LogP contribution in [0.4, 0.5) is 5.69 Å². The number of amides is 2. The molecule has 0 saturated carbocycles. The quantitative estimate of drug-likeness (QED) is 0.693. The number of nitrogens with zero attached hydrogens (tertiary/aromatic N) is 1. The number of esters is 1. The van der Waals surface area contributed by atoms with Crippen LogP contribution < -0.4 is 14.8 Å². The number of ether oxygens (including phenoxy) is 3. The van der Waals surface area contributed by atoms with Crippen molar-refractivity contribution in [2.24, 2.45) is 5.92 Å². The lowest BCUT2D eigenvalue weighted by Crippen LogP contribution is -2.43. The Balaban J connectivity index is 1.78. The van der Waals surface area contributed by atoms with Crippen molar-refractivity contribution in [2.75, 3.05) is 39.7 Å². The van der Waals surface area contributed by atoms with E-state index < -0.39 is 11.9 Å². The second kappa shape index (κ2) is 10.2. The topological polar surface area (TPSA) is 94.2 Å². The average Bonchev–Trinajstić information content (AvgIpc) is 2.83. The third kappa shape index (κ3) is 5.01. The summed E-state index contributed by atoms with van der Waals surface area (Å²) in [5.74, 6) is -0.667. The van der Waals surface area contributed by atoms with Crippen LogP contribution in [-0.4, -0.2) is 57.1 Å². The SMILES string of the molecule is COC(=O)c1cc(OC)c(OC)cc1NC(=O)C1CCCN(C(=O)c2ccc(C)cc2)C1. The van der Waals surface area contributed by atoms with Crippen LogP contribution in [0.5, 0.6) is 11.5 Å². The predicted molar refractivity (Wildman–Crippen MR) is 119 cm³/mol. The molecule has 0 bridgehead atoms. The van der Waals surface area contributed by atoms with Gasteiger partial charge in [-0.25, -0.2) is 4.79 Å². The van der Waals surface area contributed by atoms with Gasteiger partial charge in [0.05, 0.1) is 38.5 Å². The fourth-order valence-electron chi connectivity index (χ4n) is 3.75. The highest BCUT2D eigenvalue weighted by Crippen LogP contribution is 2.34. The maximum atomic E-state index is 13.1. The first-order chi connectivity index (χ1) is 15.4. The molecule has 170 valence electrons. The lowest BCUT2D eigenvalue weighted by Gasteiger charge is -2.32. The maximum absolute atomic E-state index is 13.1. The summed E-state index contributed by atoms with van der Waals surface area (Å²) in [6, 6.07) is 10.4. The summed E-state index contributed by atoms with van der Waals surface area (Å²) in [4.78, 5) is 39.9. The Morgan fingerprint density at radius 1 is 1.00 bits per heavy atom.